The first-order chi connectivity index (χ1) is 6.45. The molecule has 6 heteroatoms. The number of alkyl halides is 2. The minimum Gasteiger partial charge on any atom is -0.398 e. The predicted molar refractivity (Wildman–Crippen MR) is 48.5 cm³/mol. The van der Waals surface area contributed by atoms with E-state index in [9.17, 15) is 13.6 Å². The van der Waals surface area contributed by atoms with E-state index in [-0.39, 0.29) is 16.9 Å². The predicted octanol–water partition coefficient (Wildman–Crippen LogP) is 2.29. The minimum absolute atomic E-state index is 0.0965. The molecule has 0 fully saturated rings. The van der Waals surface area contributed by atoms with Crippen molar-refractivity contribution in [3.8, 4) is 0 Å². The van der Waals surface area contributed by atoms with Gasteiger partial charge in [0.25, 0.3) is 11.7 Å². The zero-order chi connectivity index (χ0) is 10.9. The van der Waals surface area contributed by atoms with E-state index in [2.05, 4.69) is 4.98 Å². The highest BCUT2D eigenvalue weighted by Gasteiger charge is 2.20. The Morgan fingerprint density at radius 3 is 2.64 bits per heavy atom. The Balaban J connectivity index is 3.41. The molecule has 76 valence electrons. The fraction of sp³-hybridized carbons (Fsp3) is 0.250. The van der Waals surface area contributed by atoms with Crippen LogP contribution in [0.4, 0.5) is 14.5 Å². The third-order valence-corrected chi connectivity index (χ3v) is 1.99. The van der Waals surface area contributed by atoms with Crippen molar-refractivity contribution in [2.45, 2.75) is 13.3 Å². The molecule has 0 saturated carbocycles. The average Bonchev–Trinajstić information content (AvgIpc) is 2.02. The topological polar surface area (TPSA) is 56.0 Å². The third-order valence-electron chi connectivity index (χ3n) is 1.79. The van der Waals surface area contributed by atoms with Crippen molar-refractivity contribution in [1.29, 1.82) is 0 Å². The summed E-state index contributed by atoms with van der Waals surface area (Å²) in [6.45, 7) is 1.39. The molecule has 0 bridgehead atoms. The summed E-state index contributed by atoms with van der Waals surface area (Å²) in [4.78, 5) is 14.4. The van der Waals surface area contributed by atoms with Crippen LogP contribution in [0.3, 0.4) is 0 Å². The van der Waals surface area contributed by atoms with Gasteiger partial charge in [0, 0.05) is 11.9 Å². The lowest BCUT2D eigenvalue weighted by Gasteiger charge is -2.09. The van der Waals surface area contributed by atoms with Gasteiger partial charge >= 0.3 is 0 Å². The summed E-state index contributed by atoms with van der Waals surface area (Å²) >= 11 is 5.13. The number of carbonyl (C=O) groups excluding carboxylic acids is 1. The molecule has 0 aliphatic heterocycles. The van der Waals surface area contributed by atoms with Crippen molar-refractivity contribution in [3.05, 3.63) is 23.0 Å². The van der Waals surface area contributed by atoms with Crippen LogP contribution in [0, 0.1) is 6.92 Å². The Morgan fingerprint density at radius 1 is 1.64 bits per heavy atom. The van der Waals surface area contributed by atoms with E-state index >= 15 is 0 Å². The van der Waals surface area contributed by atoms with E-state index < -0.39 is 17.2 Å². The van der Waals surface area contributed by atoms with Gasteiger partial charge in [-0.15, -0.1) is 0 Å². The van der Waals surface area contributed by atoms with Crippen LogP contribution in [-0.2, 0) is 0 Å². The lowest BCUT2D eigenvalue weighted by atomic mass is 10.1. The van der Waals surface area contributed by atoms with Crippen LogP contribution in [0.5, 0.6) is 0 Å². The van der Waals surface area contributed by atoms with Crippen LogP contribution >= 0.6 is 11.6 Å². The first kappa shape index (κ1) is 10.8. The first-order valence-corrected chi connectivity index (χ1v) is 4.06. The molecule has 0 amide bonds. The molecule has 0 aromatic carbocycles. The fourth-order valence-electron chi connectivity index (χ4n) is 1.07. The molecule has 1 aromatic heterocycles. The van der Waals surface area contributed by atoms with E-state index in [0.29, 0.717) is 0 Å². The number of carbonyl (C=O) groups is 1. The van der Waals surface area contributed by atoms with E-state index in [1.165, 1.54) is 6.92 Å². The summed E-state index contributed by atoms with van der Waals surface area (Å²) in [7, 11) is 0. The smallest absolute Gasteiger partial charge is 0.267 e. The zero-order valence-corrected chi connectivity index (χ0v) is 7.98. The largest absolute Gasteiger partial charge is 0.398 e. The highest BCUT2D eigenvalue weighted by molar-refractivity contribution is 6.68. The van der Waals surface area contributed by atoms with Gasteiger partial charge in [-0.2, -0.15) is 0 Å². The molecule has 1 aromatic rings. The summed E-state index contributed by atoms with van der Waals surface area (Å²) in [6, 6.07) is 0. The number of hydrogen-bond acceptors (Lipinski definition) is 3. The lowest BCUT2D eigenvalue weighted by molar-refractivity contribution is 0.108. The number of nitrogens with zero attached hydrogens (tertiary/aromatic N) is 1. The lowest BCUT2D eigenvalue weighted by Crippen LogP contribution is -2.06. The van der Waals surface area contributed by atoms with Gasteiger partial charge in [0.05, 0.1) is 16.8 Å². The van der Waals surface area contributed by atoms with Gasteiger partial charge in [0.15, 0.2) is 0 Å². The van der Waals surface area contributed by atoms with E-state index in [1.54, 1.807) is 0 Å². The van der Waals surface area contributed by atoms with Gasteiger partial charge < -0.3 is 5.73 Å². The van der Waals surface area contributed by atoms with Gasteiger partial charge in [0.2, 0.25) is 0 Å². The van der Waals surface area contributed by atoms with Crippen molar-refractivity contribution >= 4 is 22.5 Å². The Labute approximate surface area is 83.9 Å². The molecule has 0 atom stereocenters. The second-order valence-corrected chi connectivity index (χ2v) is 3.00. The van der Waals surface area contributed by atoms with E-state index in [0.717, 1.165) is 6.20 Å². The highest BCUT2D eigenvalue weighted by atomic mass is 35.5. The summed E-state index contributed by atoms with van der Waals surface area (Å²) in [5.74, 6) is 0. The van der Waals surface area contributed by atoms with Crippen molar-refractivity contribution in [2.24, 2.45) is 0 Å². The molecule has 2 N–H and O–H groups in total. The summed E-state index contributed by atoms with van der Waals surface area (Å²) < 4.78 is 24.9. The SMILES string of the molecule is Cc1ncc(C(=O)Cl)c(N)c1C(F)F. The van der Waals surface area contributed by atoms with Crippen molar-refractivity contribution < 1.29 is 13.6 Å². The van der Waals surface area contributed by atoms with Gasteiger partial charge in [-0.1, -0.05) is 0 Å². The molecule has 3 nitrogen and oxygen atoms in total. The molecule has 0 aliphatic carbocycles. The molecule has 0 unspecified atom stereocenters. The van der Waals surface area contributed by atoms with Crippen LogP contribution in [-0.4, -0.2) is 10.2 Å². The molecule has 0 saturated heterocycles. The maximum absolute atomic E-state index is 12.5. The quantitative estimate of drug-likeness (QED) is 0.778. The van der Waals surface area contributed by atoms with E-state index in [1.807, 2.05) is 0 Å². The number of hydrogen-bond donors (Lipinski definition) is 1. The summed E-state index contributed by atoms with van der Waals surface area (Å²) in [5, 5.41) is -0.892. The molecule has 0 aliphatic rings. The van der Waals surface area contributed by atoms with Crippen molar-refractivity contribution in [3.63, 3.8) is 0 Å². The average molecular weight is 221 g/mol. The number of pyridine rings is 1. The molecular weight excluding hydrogens is 214 g/mol. The second kappa shape index (κ2) is 3.88. The minimum atomic E-state index is -2.77. The normalized spacial score (nSPS) is 10.6. The Hall–Kier alpha value is -1.23. The number of nitrogens with two attached hydrogens (primary N) is 1. The zero-order valence-electron chi connectivity index (χ0n) is 7.22. The van der Waals surface area contributed by atoms with Crippen molar-refractivity contribution in [2.75, 3.05) is 5.73 Å². The van der Waals surface area contributed by atoms with Gasteiger partial charge in [-0.25, -0.2) is 8.78 Å². The molecule has 0 radical (unpaired) electrons. The maximum Gasteiger partial charge on any atom is 0.267 e. The van der Waals surface area contributed by atoms with Crippen LogP contribution in [0.15, 0.2) is 6.20 Å². The molecule has 0 spiro atoms. The highest BCUT2D eigenvalue weighted by Crippen LogP contribution is 2.30. The molecule has 14 heavy (non-hydrogen) atoms. The molecule has 1 heterocycles. The second-order valence-electron chi connectivity index (χ2n) is 2.66. The summed E-state index contributed by atoms with van der Waals surface area (Å²) in [6.07, 6.45) is -1.68. The van der Waals surface area contributed by atoms with Gasteiger partial charge in [0.1, 0.15) is 0 Å². The number of anilines is 1. The van der Waals surface area contributed by atoms with Crippen LogP contribution < -0.4 is 5.73 Å². The van der Waals surface area contributed by atoms with Crippen LogP contribution in [0.1, 0.15) is 28.0 Å². The van der Waals surface area contributed by atoms with Gasteiger partial charge in [-0.3, -0.25) is 9.78 Å². The number of halogens is 3. The third kappa shape index (κ3) is 1.82. The van der Waals surface area contributed by atoms with Crippen LogP contribution in [0.25, 0.3) is 0 Å². The Kier molecular flexibility index (Phi) is 3.00. The number of nitrogen functional groups attached to an aromatic ring is 1. The monoisotopic (exact) mass is 220 g/mol. The first-order valence-electron chi connectivity index (χ1n) is 3.68. The number of rotatable bonds is 2. The molecule has 1 rings (SSSR count). The standard InChI is InChI=1S/C8H7ClF2N2O/c1-3-5(8(10)11)6(12)4(2-13-3)7(9)14/h2,8H,1H3,(H2,12,13). The summed E-state index contributed by atoms with van der Waals surface area (Å²) in [5.41, 5.74) is 4.54. The Morgan fingerprint density at radius 2 is 2.21 bits per heavy atom. The number of aromatic nitrogens is 1. The molecular formula is C8H7ClF2N2O. The number of aryl methyl sites for hydroxylation is 1. The van der Waals surface area contributed by atoms with Crippen molar-refractivity contribution in [1.82, 2.24) is 4.98 Å². The fourth-order valence-corrected chi connectivity index (χ4v) is 1.22. The van der Waals surface area contributed by atoms with Gasteiger partial charge in [-0.05, 0) is 18.5 Å². The van der Waals surface area contributed by atoms with Crippen LogP contribution in [0.2, 0.25) is 0 Å². The Bertz CT molecular complexity index is 382. The van der Waals surface area contributed by atoms with E-state index in [4.69, 9.17) is 17.3 Å². The maximum atomic E-state index is 12.5.